The highest BCUT2D eigenvalue weighted by Crippen LogP contribution is 2.19. The van der Waals surface area contributed by atoms with E-state index in [1.54, 1.807) is 0 Å². The number of aromatic carboxylic acids is 2. The number of carbonyl (C=O) groups is 2. The number of aliphatic hydroxyl groups is 2. The Kier molecular flexibility index (Phi) is 5.28. The number of carboxylic acids is 2. The van der Waals surface area contributed by atoms with Crippen LogP contribution in [-0.4, -0.2) is 58.7 Å². The maximum atomic E-state index is 11.0. The molecule has 0 aromatic heterocycles. The molecule has 1 aromatic carbocycles. The van der Waals surface area contributed by atoms with Gasteiger partial charge in [0.25, 0.3) is 0 Å². The molecule has 0 bridgehead atoms. The van der Waals surface area contributed by atoms with Crippen LogP contribution in [0.3, 0.4) is 0 Å². The summed E-state index contributed by atoms with van der Waals surface area (Å²) in [5, 5.41) is 35.7. The number of carboxylic acid groups (broad SMARTS) is 2. The Morgan fingerprint density at radius 1 is 0.895 bits per heavy atom. The van der Waals surface area contributed by atoms with Crippen LogP contribution < -0.4 is 4.90 Å². The van der Waals surface area contributed by atoms with Crippen LogP contribution in [-0.2, 0) is 0 Å². The monoisotopic (exact) mass is 269 g/mol. The molecule has 0 saturated heterocycles. The van der Waals surface area contributed by atoms with E-state index in [-0.39, 0.29) is 37.4 Å². The number of benzene rings is 1. The van der Waals surface area contributed by atoms with Gasteiger partial charge in [0, 0.05) is 18.8 Å². The molecule has 7 nitrogen and oxygen atoms in total. The second-order valence-corrected chi connectivity index (χ2v) is 3.81. The first-order valence-corrected chi connectivity index (χ1v) is 5.58. The molecule has 0 spiro atoms. The third kappa shape index (κ3) is 3.94. The van der Waals surface area contributed by atoms with Crippen molar-refractivity contribution in [2.45, 2.75) is 0 Å². The summed E-state index contributed by atoms with van der Waals surface area (Å²) in [5.41, 5.74) is 0.0203. The normalized spacial score (nSPS) is 10.2. The fourth-order valence-corrected chi connectivity index (χ4v) is 1.65. The minimum absolute atomic E-state index is 0.157. The third-order valence-electron chi connectivity index (χ3n) is 2.52. The summed E-state index contributed by atoms with van der Waals surface area (Å²) < 4.78 is 0. The molecule has 104 valence electrons. The molecule has 0 atom stereocenters. The summed E-state index contributed by atoms with van der Waals surface area (Å²) in [4.78, 5) is 23.4. The maximum absolute atomic E-state index is 11.0. The Balaban J connectivity index is 3.23. The van der Waals surface area contributed by atoms with E-state index in [2.05, 4.69) is 0 Å². The lowest BCUT2D eigenvalue weighted by Crippen LogP contribution is -2.30. The second kappa shape index (κ2) is 6.72. The zero-order valence-corrected chi connectivity index (χ0v) is 10.1. The molecule has 1 aromatic rings. The van der Waals surface area contributed by atoms with Crippen molar-refractivity contribution in [2.75, 3.05) is 31.2 Å². The van der Waals surface area contributed by atoms with E-state index in [0.717, 1.165) is 6.07 Å². The zero-order chi connectivity index (χ0) is 14.4. The van der Waals surface area contributed by atoms with E-state index in [9.17, 15) is 9.59 Å². The lowest BCUT2D eigenvalue weighted by Gasteiger charge is -2.23. The van der Waals surface area contributed by atoms with E-state index < -0.39 is 11.9 Å². The number of nitrogens with zero attached hydrogens (tertiary/aromatic N) is 1. The summed E-state index contributed by atoms with van der Waals surface area (Å²) in [5.74, 6) is -2.48. The fraction of sp³-hybridized carbons (Fsp3) is 0.333. The van der Waals surface area contributed by atoms with Crippen molar-refractivity contribution < 1.29 is 30.0 Å². The van der Waals surface area contributed by atoms with Crippen molar-refractivity contribution in [3.8, 4) is 0 Å². The summed E-state index contributed by atoms with van der Waals surface area (Å²) in [7, 11) is 0. The number of hydrogen-bond acceptors (Lipinski definition) is 5. The molecule has 0 aliphatic heterocycles. The molecule has 0 fully saturated rings. The fourth-order valence-electron chi connectivity index (χ4n) is 1.65. The van der Waals surface area contributed by atoms with Crippen LogP contribution >= 0.6 is 0 Å². The Bertz CT molecular complexity index is 435. The van der Waals surface area contributed by atoms with Crippen LogP contribution in [0.2, 0.25) is 0 Å². The largest absolute Gasteiger partial charge is 0.478 e. The first kappa shape index (κ1) is 14.9. The van der Waals surface area contributed by atoms with Crippen molar-refractivity contribution in [2.24, 2.45) is 0 Å². The quantitative estimate of drug-likeness (QED) is 0.544. The van der Waals surface area contributed by atoms with Gasteiger partial charge in [0.2, 0.25) is 0 Å². The summed E-state index contributed by atoms with van der Waals surface area (Å²) in [6, 6.07) is 3.67. The van der Waals surface area contributed by atoms with Gasteiger partial charge in [0.15, 0.2) is 0 Å². The van der Waals surface area contributed by atoms with Crippen molar-refractivity contribution in [3.63, 3.8) is 0 Å². The van der Waals surface area contributed by atoms with Crippen molar-refractivity contribution in [1.82, 2.24) is 0 Å². The van der Waals surface area contributed by atoms with Crippen LogP contribution in [0, 0.1) is 0 Å². The highest BCUT2D eigenvalue weighted by molar-refractivity contribution is 5.95. The van der Waals surface area contributed by atoms with Crippen LogP contribution in [0.25, 0.3) is 0 Å². The Labute approximate surface area is 109 Å². The predicted molar refractivity (Wildman–Crippen MR) is 66.7 cm³/mol. The van der Waals surface area contributed by atoms with Crippen molar-refractivity contribution >= 4 is 17.6 Å². The van der Waals surface area contributed by atoms with E-state index >= 15 is 0 Å². The van der Waals surface area contributed by atoms with E-state index in [0.29, 0.717) is 5.69 Å². The molecular weight excluding hydrogens is 254 g/mol. The first-order chi connectivity index (χ1) is 8.99. The average molecular weight is 269 g/mol. The molecular formula is C12H15NO6. The predicted octanol–water partition coefficient (Wildman–Crippen LogP) is -0.126. The summed E-state index contributed by atoms with van der Waals surface area (Å²) in [6.45, 7) is -0.0508. The van der Waals surface area contributed by atoms with Crippen LogP contribution in [0.1, 0.15) is 20.7 Å². The van der Waals surface area contributed by atoms with E-state index in [1.165, 1.54) is 17.0 Å². The van der Waals surface area contributed by atoms with Gasteiger partial charge in [-0.3, -0.25) is 0 Å². The number of aliphatic hydroxyl groups excluding tert-OH is 2. The van der Waals surface area contributed by atoms with Gasteiger partial charge in [-0.25, -0.2) is 9.59 Å². The van der Waals surface area contributed by atoms with Crippen LogP contribution in [0.5, 0.6) is 0 Å². The Morgan fingerprint density at radius 2 is 1.32 bits per heavy atom. The molecule has 4 N–H and O–H groups in total. The standard InChI is InChI=1S/C12H15NO6/c14-3-1-13(2-4-15)10-6-8(11(16)17)5-9(7-10)12(18)19/h5-7,14-15H,1-4H2,(H,16,17)(H,18,19). The molecule has 0 radical (unpaired) electrons. The number of anilines is 1. The molecule has 7 heteroatoms. The number of rotatable bonds is 7. The van der Waals surface area contributed by atoms with E-state index in [4.69, 9.17) is 20.4 Å². The van der Waals surface area contributed by atoms with Gasteiger partial charge < -0.3 is 25.3 Å². The van der Waals surface area contributed by atoms with Gasteiger partial charge in [0.1, 0.15) is 0 Å². The van der Waals surface area contributed by atoms with Gasteiger partial charge in [-0.1, -0.05) is 0 Å². The first-order valence-electron chi connectivity index (χ1n) is 5.58. The topological polar surface area (TPSA) is 118 Å². The lowest BCUT2D eigenvalue weighted by atomic mass is 10.1. The maximum Gasteiger partial charge on any atom is 0.335 e. The molecule has 1 rings (SSSR count). The summed E-state index contributed by atoms with van der Waals surface area (Å²) in [6.07, 6.45) is 0. The molecule has 0 saturated carbocycles. The van der Waals surface area contributed by atoms with Gasteiger partial charge >= 0.3 is 11.9 Å². The highest BCUT2D eigenvalue weighted by Gasteiger charge is 2.14. The van der Waals surface area contributed by atoms with Crippen molar-refractivity contribution in [3.05, 3.63) is 29.3 Å². The van der Waals surface area contributed by atoms with E-state index in [1.807, 2.05) is 0 Å². The van der Waals surface area contributed by atoms with Gasteiger partial charge in [-0.05, 0) is 18.2 Å². The lowest BCUT2D eigenvalue weighted by molar-refractivity contribution is 0.0696. The smallest absolute Gasteiger partial charge is 0.335 e. The highest BCUT2D eigenvalue weighted by atomic mass is 16.4. The SMILES string of the molecule is O=C(O)c1cc(C(=O)O)cc(N(CCO)CCO)c1. The van der Waals surface area contributed by atoms with Gasteiger partial charge in [-0.2, -0.15) is 0 Å². The molecule has 0 heterocycles. The van der Waals surface area contributed by atoms with Gasteiger partial charge in [0.05, 0.1) is 24.3 Å². The molecule has 0 unspecified atom stereocenters. The number of hydrogen-bond donors (Lipinski definition) is 4. The second-order valence-electron chi connectivity index (χ2n) is 3.81. The summed E-state index contributed by atoms with van der Waals surface area (Å²) >= 11 is 0. The minimum atomic E-state index is -1.24. The molecule has 0 aliphatic rings. The molecule has 0 aliphatic carbocycles. The van der Waals surface area contributed by atoms with Gasteiger partial charge in [-0.15, -0.1) is 0 Å². The zero-order valence-electron chi connectivity index (χ0n) is 10.1. The average Bonchev–Trinajstić information content (AvgIpc) is 2.37. The van der Waals surface area contributed by atoms with Crippen LogP contribution in [0.15, 0.2) is 18.2 Å². The Hall–Kier alpha value is -2.12. The minimum Gasteiger partial charge on any atom is -0.478 e. The molecule has 19 heavy (non-hydrogen) atoms. The third-order valence-corrected chi connectivity index (χ3v) is 2.52. The Morgan fingerprint density at radius 3 is 1.63 bits per heavy atom. The molecule has 0 amide bonds. The van der Waals surface area contributed by atoms with Crippen molar-refractivity contribution in [1.29, 1.82) is 0 Å². The van der Waals surface area contributed by atoms with Crippen LogP contribution in [0.4, 0.5) is 5.69 Å².